The maximum atomic E-state index is 8.32. The smallest absolute Gasteiger partial charge is 0.0701 e. The van der Waals surface area contributed by atoms with Gasteiger partial charge in [-0.3, -0.25) is 0 Å². The fourth-order valence-corrected chi connectivity index (χ4v) is 0.958. The third-order valence-corrected chi connectivity index (χ3v) is 1.85. The van der Waals surface area contributed by atoms with Crippen LogP contribution in [0.2, 0.25) is 0 Å². The van der Waals surface area contributed by atoms with Crippen LogP contribution < -0.4 is 0 Å². The number of hydrogen-bond acceptors (Lipinski definition) is 7. The third-order valence-electron chi connectivity index (χ3n) is 1.85. The van der Waals surface area contributed by atoms with Crippen molar-refractivity contribution in [2.24, 2.45) is 0 Å². The van der Waals surface area contributed by atoms with Crippen LogP contribution in [0.5, 0.6) is 0 Å². The molecule has 0 rings (SSSR count). The molecule has 0 aromatic rings. The van der Waals surface area contributed by atoms with Gasteiger partial charge in [0.1, 0.15) is 0 Å². The Morgan fingerprint density at radius 1 is 0.600 bits per heavy atom. The van der Waals surface area contributed by atoms with Crippen LogP contribution >= 0.6 is 0 Å². The van der Waals surface area contributed by atoms with Crippen LogP contribution in [0.25, 0.3) is 0 Å². The van der Waals surface area contributed by atoms with Crippen molar-refractivity contribution in [3.05, 3.63) is 0 Å². The standard InChI is InChI=1S/C7H16O4.C6H14O3/c1-9-4-5-11-7-6-10-3-2-8;1-2-8-5-6-9-4-3-7/h8H,2-7H2,1H3;7H,2-6H2,1H3. The van der Waals surface area contributed by atoms with Crippen LogP contribution in [0.1, 0.15) is 6.92 Å². The highest BCUT2D eigenvalue weighted by molar-refractivity contribution is 4.31. The van der Waals surface area contributed by atoms with Crippen molar-refractivity contribution in [1.82, 2.24) is 0 Å². The Labute approximate surface area is 121 Å². The van der Waals surface area contributed by atoms with Gasteiger partial charge < -0.3 is 33.9 Å². The highest BCUT2D eigenvalue weighted by Gasteiger charge is 1.88. The summed E-state index contributed by atoms with van der Waals surface area (Å²) in [6.45, 7) is 7.11. The van der Waals surface area contributed by atoms with Crippen LogP contribution in [0.15, 0.2) is 0 Å². The lowest BCUT2D eigenvalue weighted by Crippen LogP contribution is -2.09. The van der Waals surface area contributed by atoms with Gasteiger partial charge in [-0.2, -0.15) is 0 Å². The van der Waals surface area contributed by atoms with E-state index in [9.17, 15) is 0 Å². The molecule has 0 saturated carbocycles. The number of methoxy groups -OCH3 is 1. The highest BCUT2D eigenvalue weighted by atomic mass is 16.5. The van der Waals surface area contributed by atoms with E-state index in [0.717, 1.165) is 6.61 Å². The Bertz CT molecular complexity index is 133. The third kappa shape index (κ3) is 26.3. The van der Waals surface area contributed by atoms with Gasteiger partial charge in [0.15, 0.2) is 0 Å². The zero-order valence-corrected chi connectivity index (χ0v) is 12.7. The second-order valence-electron chi connectivity index (χ2n) is 3.47. The van der Waals surface area contributed by atoms with Gasteiger partial charge in [-0.05, 0) is 6.92 Å². The minimum Gasteiger partial charge on any atom is -0.394 e. The molecule has 0 fully saturated rings. The topological polar surface area (TPSA) is 86.6 Å². The van der Waals surface area contributed by atoms with Crippen molar-refractivity contribution in [2.45, 2.75) is 6.92 Å². The van der Waals surface area contributed by atoms with Crippen molar-refractivity contribution >= 4 is 0 Å². The van der Waals surface area contributed by atoms with Crippen LogP contribution in [0.4, 0.5) is 0 Å². The molecule has 0 aliphatic heterocycles. The lowest BCUT2D eigenvalue weighted by atomic mass is 10.7. The fraction of sp³-hybridized carbons (Fsp3) is 1.00. The minimum atomic E-state index is 0.0675. The van der Waals surface area contributed by atoms with E-state index in [4.69, 9.17) is 33.9 Å². The number of aliphatic hydroxyl groups is 2. The first-order chi connectivity index (χ1) is 9.83. The van der Waals surface area contributed by atoms with E-state index in [2.05, 4.69) is 0 Å². The molecular formula is C13H30O7. The van der Waals surface area contributed by atoms with E-state index in [1.54, 1.807) is 7.11 Å². The van der Waals surface area contributed by atoms with E-state index in [-0.39, 0.29) is 13.2 Å². The van der Waals surface area contributed by atoms with E-state index < -0.39 is 0 Å². The molecule has 0 heterocycles. The Hall–Kier alpha value is -0.280. The summed E-state index contributed by atoms with van der Waals surface area (Å²) < 4.78 is 24.7. The van der Waals surface area contributed by atoms with E-state index >= 15 is 0 Å². The average molecular weight is 298 g/mol. The SMILES string of the molecule is CCOCCOCCO.COCCOCCOCCO. The first-order valence-electron chi connectivity index (χ1n) is 6.85. The fourth-order valence-electron chi connectivity index (χ4n) is 0.958. The van der Waals surface area contributed by atoms with Crippen LogP contribution in [0.3, 0.4) is 0 Å². The lowest BCUT2D eigenvalue weighted by molar-refractivity contribution is 0.0159. The van der Waals surface area contributed by atoms with Crippen LogP contribution in [0, 0.1) is 0 Å². The summed E-state index contributed by atoms with van der Waals surface area (Å²) in [6, 6.07) is 0. The minimum absolute atomic E-state index is 0.0675. The number of aliphatic hydroxyl groups excluding tert-OH is 2. The highest BCUT2D eigenvalue weighted by Crippen LogP contribution is 1.78. The molecule has 2 N–H and O–H groups in total. The summed E-state index contributed by atoms with van der Waals surface area (Å²) in [5.74, 6) is 0. The Balaban J connectivity index is 0. The van der Waals surface area contributed by atoms with Gasteiger partial charge in [0.05, 0.1) is 66.1 Å². The summed E-state index contributed by atoms with van der Waals surface area (Å²) in [7, 11) is 1.63. The first kappa shape index (κ1) is 22.0. The molecule has 0 bridgehead atoms. The van der Waals surface area contributed by atoms with Gasteiger partial charge >= 0.3 is 0 Å². The van der Waals surface area contributed by atoms with Crippen molar-refractivity contribution in [3.63, 3.8) is 0 Å². The molecule has 0 radical (unpaired) electrons. The second kappa shape index (κ2) is 23.8. The van der Waals surface area contributed by atoms with Crippen LogP contribution in [-0.4, -0.2) is 90.0 Å². The van der Waals surface area contributed by atoms with Crippen LogP contribution in [-0.2, 0) is 23.7 Å². The van der Waals surface area contributed by atoms with Gasteiger partial charge in [0.2, 0.25) is 0 Å². The summed E-state index contributed by atoms with van der Waals surface area (Å²) in [4.78, 5) is 0. The van der Waals surface area contributed by atoms with Gasteiger partial charge in [0.25, 0.3) is 0 Å². The van der Waals surface area contributed by atoms with Crippen molar-refractivity contribution in [3.8, 4) is 0 Å². The number of hydrogen-bond donors (Lipinski definition) is 2. The van der Waals surface area contributed by atoms with E-state index in [1.165, 1.54) is 0 Å². The van der Waals surface area contributed by atoms with Crippen molar-refractivity contribution in [2.75, 3.05) is 79.8 Å². The predicted octanol–water partition coefficient (Wildman–Crippen LogP) is -0.310. The molecule has 7 nitrogen and oxygen atoms in total. The molecule has 0 aromatic carbocycles. The summed E-state index contributed by atoms with van der Waals surface area (Å²) in [6.07, 6.45) is 0. The normalized spacial score (nSPS) is 10.2. The molecule has 0 amide bonds. The number of ether oxygens (including phenoxy) is 5. The predicted molar refractivity (Wildman–Crippen MR) is 75.0 cm³/mol. The van der Waals surface area contributed by atoms with Crippen molar-refractivity contribution in [1.29, 1.82) is 0 Å². The largest absolute Gasteiger partial charge is 0.394 e. The lowest BCUT2D eigenvalue weighted by Gasteiger charge is -2.03. The maximum absolute atomic E-state index is 8.32. The Morgan fingerprint density at radius 2 is 1.00 bits per heavy atom. The molecule has 0 aliphatic carbocycles. The number of rotatable bonds is 14. The van der Waals surface area contributed by atoms with Gasteiger partial charge in [-0.25, -0.2) is 0 Å². The van der Waals surface area contributed by atoms with Gasteiger partial charge in [-0.1, -0.05) is 0 Å². The van der Waals surface area contributed by atoms with Crippen molar-refractivity contribution < 1.29 is 33.9 Å². The Morgan fingerprint density at radius 3 is 1.40 bits per heavy atom. The molecule has 0 spiro atoms. The summed E-state index contributed by atoms with van der Waals surface area (Å²) >= 11 is 0. The summed E-state index contributed by atoms with van der Waals surface area (Å²) in [5.41, 5.74) is 0. The molecular weight excluding hydrogens is 268 g/mol. The zero-order chi connectivity index (χ0) is 15.3. The molecule has 0 saturated heterocycles. The van der Waals surface area contributed by atoms with E-state index in [1.807, 2.05) is 6.92 Å². The summed E-state index contributed by atoms with van der Waals surface area (Å²) in [5, 5.41) is 16.6. The quantitative estimate of drug-likeness (QED) is 0.425. The zero-order valence-electron chi connectivity index (χ0n) is 12.7. The second-order valence-corrected chi connectivity index (χ2v) is 3.47. The molecule has 20 heavy (non-hydrogen) atoms. The molecule has 0 aliphatic rings. The maximum Gasteiger partial charge on any atom is 0.0701 e. The van der Waals surface area contributed by atoms with Gasteiger partial charge in [0, 0.05) is 13.7 Å². The monoisotopic (exact) mass is 298 g/mol. The average Bonchev–Trinajstić information content (AvgIpc) is 2.47. The molecule has 0 unspecified atom stereocenters. The molecule has 7 heteroatoms. The first-order valence-corrected chi connectivity index (χ1v) is 6.85. The molecule has 124 valence electrons. The molecule has 0 atom stereocenters. The van der Waals surface area contributed by atoms with Gasteiger partial charge in [-0.15, -0.1) is 0 Å². The molecule has 0 aromatic heterocycles. The Kier molecular flexibility index (Phi) is 26.2. The van der Waals surface area contributed by atoms with E-state index in [0.29, 0.717) is 52.9 Å².